The summed E-state index contributed by atoms with van der Waals surface area (Å²) in [5, 5.41) is 10.4. The van der Waals surface area contributed by atoms with Gasteiger partial charge in [-0.1, -0.05) is 0 Å². The van der Waals surface area contributed by atoms with E-state index < -0.39 is 17.2 Å². The highest BCUT2D eigenvalue weighted by Crippen LogP contribution is 2.41. The Balaban J connectivity index is 1.58. The zero-order valence-corrected chi connectivity index (χ0v) is 15.9. The first kappa shape index (κ1) is 19.4. The fourth-order valence-electron chi connectivity index (χ4n) is 3.58. The smallest absolute Gasteiger partial charge is 0.174 e. The van der Waals surface area contributed by atoms with Crippen LogP contribution in [0.3, 0.4) is 0 Å². The number of rotatable bonds is 4. The lowest BCUT2D eigenvalue weighted by atomic mass is 9.91. The van der Waals surface area contributed by atoms with Crippen molar-refractivity contribution in [2.24, 2.45) is 0 Å². The molecule has 4 rings (SSSR count). The van der Waals surface area contributed by atoms with Crippen molar-refractivity contribution in [1.29, 1.82) is 0 Å². The number of carbonyl (C=O) groups is 1. The Kier molecular flexibility index (Phi) is 5.04. The molecule has 8 heteroatoms. The van der Waals surface area contributed by atoms with Gasteiger partial charge in [-0.3, -0.25) is 4.79 Å². The molecule has 0 saturated carbocycles. The number of Topliss-reactive ketones (excluding diaryl/α,β-unsaturated/α-hetero) is 1. The third-order valence-electron chi connectivity index (χ3n) is 5.04. The molecule has 6 nitrogen and oxygen atoms in total. The Morgan fingerprint density at radius 2 is 1.97 bits per heavy atom. The third-order valence-corrected chi connectivity index (χ3v) is 5.04. The quantitative estimate of drug-likeness (QED) is 0.842. The predicted octanol–water partition coefficient (Wildman–Crippen LogP) is 3.31. The Hall–Kier alpha value is -2.87. The van der Waals surface area contributed by atoms with Gasteiger partial charge < -0.3 is 24.2 Å². The van der Waals surface area contributed by atoms with Crippen LogP contribution >= 0.6 is 0 Å². The first-order chi connectivity index (χ1) is 13.8. The average Bonchev–Trinajstić information content (AvgIpc) is 2.68. The molecule has 2 aliphatic rings. The van der Waals surface area contributed by atoms with Gasteiger partial charge in [0.05, 0.1) is 19.6 Å². The highest BCUT2D eigenvalue weighted by Gasteiger charge is 2.39. The van der Waals surface area contributed by atoms with E-state index in [4.69, 9.17) is 14.2 Å². The first-order valence-corrected chi connectivity index (χ1v) is 9.34. The van der Waals surface area contributed by atoms with Crippen molar-refractivity contribution in [2.75, 3.05) is 37.8 Å². The molecule has 1 atom stereocenters. The molecule has 0 bridgehead atoms. The SMILES string of the molecule is CC1(COc2cc(F)ccc2F)CC(=O)c2c(O)cc(N3CCOCC3)cc2O1. The molecular formula is C21H21F2NO5. The lowest BCUT2D eigenvalue weighted by Crippen LogP contribution is -2.44. The van der Waals surface area contributed by atoms with Crippen LogP contribution in [0.25, 0.3) is 0 Å². The summed E-state index contributed by atoms with van der Waals surface area (Å²) in [6.07, 6.45) is -0.0681. The molecule has 2 aromatic carbocycles. The van der Waals surface area contributed by atoms with Gasteiger partial charge in [0.25, 0.3) is 0 Å². The number of hydrogen-bond acceptors (Lipinski definition) is 6. The molecule has 0 aliphatic carbocycles. The van der Waals surface area contributed by atoms with Crippen LogP contribution in [0.5, 0.6) is 17.2 Å². The van der Waals surface area contributed by atoms with E-state index in [9.17, 15) is 18.7 Å². The van der Waals surface area contributed by atoms with E-state index in [-0.39, 0.29) is 41.6 Å². The second kappa shape index (κ2) is 7.51. The Morgan fingerprint density at radius 3 is 2.72 bits per heavy atom. The van der Waals surface area contributed by atoms with Gasteiger partial charge in [0.2, 0.25) is 0 Å². The van der Waals surface area contributed by atoms with Crippen molar-refractivity contribution in [2.45, 2.75) is 18.9 Å². The van der Waals surface area contributed by atoms with Gasteiger partial charge >= 0.3 is 0 Å². The normalized spacial score (nSPS) is 21.5. The Bertz CT molecular complexity index is 945. The van der Waals surface area contributed by atoms with Gasteiger partial charge in [-0.15, -0.1) is 0 Å². The number of fused-ring (bicyclic) bond motifs is 1. The van der Waals surface area contributed by atoms with E-state index in [2.05, 4.69) is 0 Å². The number of ketones is 1. The highest BCUT2D eigenvalue weighted by atomic mass is 19.1. The fraction of sp³-hybridized carbons (Fsp3) is 0.381. The van der Waals surface area contributed by atoms with Crippen LogP contribution in [0.15, 0.2) is 30.3 Å². The van der Waals surface area contributed by atoms with Gasteiger partial charge in [0, 0.05) is 37.0 Å². The van der Waals surface area contributed by atoms with Crippen molar-refractivity contribution in [1.82, 2.24) is 0 Å². The molecule has 29 heavy (non-hydrogen) atoms. The van der Waals surface area contributed by atoms with Crippen LogP contribution in [0.2, 0.25) is 0 Å². The summed E-state index contributed by atoms with van der Waals surface area (Å²) in [5.74, 6) is -1.79. The monoisotopic (exact) mass is 405 g/mol. The number of aromatic hydroxyl groups is 1. The molecule has 1 unspecified atom stereocenters. The summed E-state index contributed by atoms with van der Waals surface area (Å²) >= 11 is 0. The van der Waals surface area contributed by atoms with Gasteiger partial charge in [-0.25, -0.2) is 8.78 Å². The molecule has 2 aliphatic heterocycles. The molecular weight excluding hydrogens is 384 g/mol. The average molecular weight is 405 g/mol. The van der Waals surface area contributed by atoms with Gasteiger partial charge in [-0.2, -0.15) is 0 Å². The van der Waals surface area contributed by atoms with Crippen LogP contribution in [-0.2, 0) is 4.74 Å². The van der Waals surface area contributed by atoms with E-state index in [1.807, 2.05) is 4.90 Å². The lowest BCUT2D eigenvalue weighted by molar-refractivity contribution is 0.0175. The number of phenolic OH excluding ortho intramolecular Hbond substituents is 1. The number of nitrogens with zero attached hydrogens (tertiary/aromatic N) is 1. The molecule has 1 N–H and O–H groups in total. The van der Waals surface area contributed by atoms with Crippen molar-refractivity contribution < 1.29 is 32.9 Å². The third kappa shape index (κ3) is 3.98. The second-order valence-electron chi connectivity index (χ2n) is 7.45. The van der Waals surface area contributed by atoms with Crippen molar-refractivity contribution in [3.8, 4) is 17.2 Å². The minimum absolute atomic E-state index is 0.0681. The molecule has 154 valence electrons. The molecule has 0 spiro atoms. The second-order valence-corrected chi connectivity index (χ2v) is 7.45. The molecule has 1 fully saturated rings. The van der Waals surface area contributed by atoms with Gasteiger partial charge in [0.15, 0.2) is 17.3 Å². The standard InChI is InChI=1S/C21H21F2NO5/c1-21(12-28-18-8-13(22)2-3-15(18)23)11-17(26)20-16(25)9-14(10-19(20)29-21)24-4-6-27-7-5-24/h2-3,8-10,25H,4-7,11-12H2,1H3. The molecule has 0 radical (unpaired) electrons. The number of hydrogen-bond donors (Lipinski definition) is 1. The molecule has 1 saturated heterocycles. The Labute approximate surface area is 166 Å². The summed E-state index contributed by atoms with van der Waals surface area (Å²) in [7, 11) is 0. The largest absolute Gasteiger partial charge is 0.507 e. The number of carbonyl (C=O) groups excluding carboxylic acids is 1. The van der Waals surface area contributed by atoms with Gasteiger partial charge in [-0.05, 0) is 19.1 Å². The number of halogens is 2. The maximum Gasteiger partial charge on any atom is 0.174 e. The predicted molar refractivity (Wildman–Crippen MR) is 101 cm³/mol. The number of benzene rings is 2. The van der Waals surface area contributed by atoms with E-state index in [0.29, 0.717) is 26.3 Å². The minimum Gasteiger partial charge on any atom is -0.507 e. The first-order valence-electron chi connectivity index (χ1n) is 9.34. The van der Waals surface area contributed by atoms with Crippen molar-refractivity contribution >= 4 is 11.5 Å². The summed E-state index contributed by atoms with van der Waals surface area (Å²) in [6, 6.07) is 6.17. The van der Waals surface area contributed by atoms with Crippen LogP contribution in [0.1, 0.15) is 23.7 Å². The Morgan fingerprint density at radius 1 is 1.21 bits per heavy atom. The summed E-state index contributed by atoms with van der Waals surface area (Å²) < 4.78 is 44.0. The van der Waals surface area contributed by atoms with Crippen LogP contribution in [0.4, 0.5) is 14.5 Å². The van der Waals surface area contributed by atoms with Gasteiger partial charge in [0.1, 0.15) is 35.1 Å². The maximum atomic E-state index is 13.8. The molecule has 2 aromatic rings. The lowest BCUT2D eigenvalue weighted by Gasteiger charge is -2.36. The van der Waals surface area contributed by atoms with E-state index in [0.717, 1.165) is 23.9 Å². The van der Waals surface area contributed by atoms with Crippen molar-refractivity contribution in [3.05, 3.63) is 47.5 Å². The molecule has 2 heterocycles. The maximum absolute atomic E-state index is 13.8. The number of phenols is 1. The van der Waals surface area contributed by atoms with E-state index in [1.165, 1.54) is 0 Å². The van der Waals surface area contributed by atoms with E-state index >= 15 is 0 Å². The summed E-state index contributed by atoms with van der Waals surface area (Å²) in [4.78, 5) is 14.7. The zero-order chi connectivity index (χ0) is 20.6. The van der Waals surface area contributed by atoms with Crippen LogP contribution in [-0.4, -0.2) is 49.4 Å². The van der Waals surface area contributed by atoms with Crippen molar-refractivity contribution in [3.63, 3.8) is 0 Å². The minimum atomic E-state index is -1.10. The number of ether oxygens (including phenoxy) is 3. The zero-order valence-electron chi connectivity index (χ0n) is 15.9. The number of anilines is 1. The topological polar surface area (TPSA) is 68.2 Å². The summed E-state index contributed by atoms with van der Waals surface area (Å²) in [5.41, 5.74) is -0.256. The number of morpholine rings is 1. The highest BCUT2D eigenvalue weighted by molar-refractivity contribution is 6.03. The van der Waals surface area contributed by atoms with Crippen LogP contribution < -0.4 is 14.4 Å². The molecule has 0 amide bonds. The fourth-order valence-corrected chi connectivity index (χ4v) is 3.58. The van der Waals surface area contributed by atoms with Crippen LogP contribution in [0, 0.1) is 11.6 Å². The molecule has 0 aromatic heterocycles. The van der Waals surface area contributed by atoms with E-state index in [1.54, 1.807) is 19.1 Å². The summed E-state index contributed by atoms with van der Waals surface area (Å²) in [6.45, 7) is 3.95.